The van der Waals surface area contributed by atoms with Gasteiger partial charge < -0.3 is 0 Å². The molecule has 0 fully saturated rings. The van der Waals surface area contributed by atoms with E-state index in [-0.39, 0.29) is 5.78 Å². The van der Waals surface area contributed by atoms with Gasteiger partial charge in [0.2, 0.25) is 0 Å². The van der Waals surface area contributed by atoms with Gasteiger partial charge in [-0.05, 0) is 67.5 Å². The van der Waals surface area contributed by atoms with Crippen molar-refractivity contribution in [2.75, 3.05) is 0 Å². The van der Waals surface area contributed by atoms with Crippen LogP contribution in [0.4, 0.5) is 8.78 Å². The summed E-state index contributed by atoms with van der Waals surface area (Å²) in [6.07, 6.45) is 3.06. The summed E-state index contributed by atoms with van der Waals surface area (Å²) in [5, 5.41) is 6.82. The molecule has 1 heterocycles. The number of aromatic nitrogens is 2. The van der Waals surface area contributed by atoms with E-state index in [0.29, 0.717) is 22.5 Å². The number of allylic oxidation sites excluding steroid dienone is 1. The van der Waals surface area contributed by atoms with Gasteiger partial charge in [0.15, 0.2) is 17.4 Å². The van der Waals surface area contributed by atoms with Gasteiger partial charge in [-0.1, -0.05) is 26.0 Å². The number of ketones is 1. The first-order valence-corrected chi connectivity index (χ1v) is 8.74. The molecule has 1 N–H and O–H groups in total. The van der Waals surface area contributed by atoms with E-state index in [1.807, 2.05) is 39.8 Å². The topological polar surface area (TPSA) is 45.8 Å². The summed E-state index contributed by atoms with van der Waals surface area (Å²) in [5.41, 5.74) is 4.32. The highest BCUT2D eigenvalue weighted by Crippen LogP contribution is 2.21. The van der Waals surface area contributed by atoms with Crippen LogP contribution < -0.4 is 0 Å². The highest BCUT2D eigenvalue weighted by molar-refractivity contribution is 6.06. The van der Waals surface area contributed by atoms with Crippen molar-refractivity contribution in [3.05, 3.63) is 82.6 Å². The van der Waals surface area contributed by atoms with Gasteiger partial charge in [0.25, 0.3) is 0 Å². The van der Waals surface area contributed by atoms with Crippen LogP contribution in [-0.4, -0.2) is 16.0 Å². The third-order valence-corrected chi connectivity index (χ3v) is 4.02. The number of nitrogens with zero attached hydrogens (tertiary/aromatic N) is 1. The van der Waals surface area contributed by atoms with Crippen LogP contribution in [0.2, 0.25) is 0 Å². The quantitative estimate of drug-likeness (QED) is 0.461. The Kier molecular flexibility index (Phi) is 6.77. The molecule has 2 aromatic carbocycles. The molecule has 0 aliphatic rings. The average molecular weight is 368 g/mol. The van der Waals surface area contributed by atoms with E-state index in [1.54, 1.807) is 18.2 Å². The van der Waals surface area contributed by atoms with Crippen LogP contribution in [0.3, 0.4) is 0 Å². The second-order valence-corrected chi connectivity index (χ2v) is 5.83. The standard InChI is InChI=1S/C20H16F2N2O.C2H6/c1-12-3-4-15(9-13(12)2)20(25)8-6-16-11-19(24-23-16)14-5-7-17(21)18(22)10-14;1-2/h3-11H,1-2H3,(H,23,24);1-2H3/b8-6+;. The molecule has 27 heavy (non-hydrogen) atoms. The second-order valence-electron chi connectivity index (χ2n) is 5.83. The average Bonchev–Trinajstić information content (AvgIpc) is 3.15. The SMILES string of the molecule is CC.Cc1ccc(C(=O)/C=C/c2cc(-c3ccc(F)c(F)c3)n[nH]2)cc1C. The van der Waals surface area contributed by atoms with Gasteiger partial charge in [-0.15, -0.1) is 0 Å². The first-order chi connectivity index (χ1) is 12.9. The van der Waals surface area contributed by atoms with Crippen molar-refractivity contribution in [2.24, 2.45) is 0 Å². The Morgan fingerprint density at radius 3 is 2.37 bits per heavy atom. The maximum absolute atomic E-state index is 13.3. The Hall–Kier alpha value is -3.08. The Bertz CT molecular complexity index is 974. The lowest BCUT2D eigenvalue weighted by Crippen LogP contribution is -1.95. The highest BCUT2D eigenvalue weighted by Gasteiger charge is 2.08. The van der Waals surface area contributed by atoms with E-state index < -0.39 is 11.6 Å². The van der Waals surface area contributed by atoms with E-state index in [2.05, 4.69) is 10.2 Å². The highest BCUT2D eigenvalue weighted by atomic mass is 19.2. The van der Waals surface area contributed by atoms with Crippen LogP contribution >= 0.6 is 0 Å². The summed E-state index contributed by atoms with van der Waals surface area (Å²) in [5.74, 6) is -1.95. The summed E-state index contributed by atoms with van der Waals surface area (Å²) in [6, 6.07) is 10.8. The number of carbonyl (C=O) groups excluding carboxylic acids is 1. The van der Waals surface area contributed by atoms with Crippen LogP contribution in [0.15, 0.2) is 48.5 Å². The summed E-state index contributed by atoms with van der Waals surface area (Å²) >= 11 is 0. The summed E-state index contributed by atoms with van der Waals surface area (Å²) in [4.78, 5) is 12.2. The minimum Gasteiger partial charge on any atom is -0.289 e. The fraction of sp³-hybridized carbons (Fsp3) is 0.182. The lowest BCUT2D eigenvalue weighted by atomic mass is 10.0. The molecule has 1 aromatic heterocycles. The normalized spacial score (nSPS) is 10.6. The zero-order valence-corrected chi connectivity index (χ0v) is 15.8. The number of aromatic amines is 1. The summed E-state index contributed by atoms with van der Waals surface area (Å²) in [7, 11) is 0. The molecular formula is C22H22F2N2O. The third-order valence-electron chi connectivity index (χ3n) is 4.02. The van der Waals surface area contributed by atoms with E-state index in [4.69, 9.17) is 0 Å². The molecule has 0 bridgehead atoms. The van der Waals surface area contributed by atoms with Crippen LogP contribution in [0.1, 0.15) is 41.0 Å². The fourth-order valence-corrected chi connectivity index (χ4v) is 2.38. The maximum atomic E-state index is 13.3. The molecule has 0 unspecified atom stereocenters. The minimum absolute atomic E-state index is 0.118. The number of benzene rings is 2. The number of hydrogen-bond donors (Lipinski definition) is 1. The van der Waals surface area contributed by atoms with Crippen molar-refractivity contribution in [3.8, 4) is 11.3 Å². The predicted octanol–water partition coefficient (Wildman–Crippen LogP) is 5.89. The lowest BCUT2D eigenvalue weighted by molar-refractivity contribution is 0.104. The molecule has 0 saturated heterocycles. The molecule has 0 saturated carbocycles. The van der Waals surface area contributed by atoms with E-state index in [9.17, 15) is 13.6 Å². The smallest absolute Gasteiger partial charge is 0.185 e. The van der Waals surface area contributed by atoms with E-state index in [0.717, 1.165) is 23.3 Å². The Morgan fingerprint density at radius 2 is 1.70 bits per heavy atom. The van der Waals surface area contributed by atoms with Gasteiger partial charge >= 0.3 is 0 Å². The summed E-state index contributed by atoms with van der Waals surface area (Å²) in [6.45, 7) is 7.95. The molecule has 3 nitrogen and oxygen atoms in total. The van der Waals surface area contributed by atoms with Gasteiger partial charge in [0.1, 0.15) is 0 Å². The Labute approximate surface area is 157 Å². The molecular weight excluding hydrogens is 346 g/mol. The molecule has 0 atom stereocenters. The molecule has 0 aliphatic heterocycles. The van der Waals surface area contributed by atoms with Crippen molar-refractivity contribution in [1.29, 1.82) is 0 Å². The molecule has 5 heteroatoms. The lowest BCUT2D eigenvalue weighted by Gasteiger charge is -2.01. The van der Waals surface area contributed by atoms with Gasteiger partial charge in [-0.25, -0.2) is 8.78 Å². The largest absolute Gasteiger partial charge is 0.289 e. The van der Waals surface area contributed by atoms with Crippen LogP contribution in [0.25, 0.3) is 17.3 Å². The van der Waals surface area contributed by atoms with Gasteiger partial charge in [-0.3, -0.25) is 9.89 Å². The van der Waals surface area contributed by atoms with E-state index >= 15 is 0 Å². The number of nitrogens with one attached hydrogen (secondary N) is 1. The molecule has 0 aliphatic carbocycles. The number of aryl methyl sites for hydroxylation is 2. The van der Waals surface area contributed by atoms with Gasteiger partial charge in [0.05, 0.1) is 11.4 Å². The first kappa shape index (κ1) is 20.2. The predicted molar refractivity (Wildman–Crippen MR) is 105 cm³/mol. The van der Waals surface area contributed by atoms with Crippen LogP contribution in [0, 0.1) is 25.5 Å². The van der Waals surface area contributed by atoms with Crippen molar-refractivity contribution in [3.63, 3.8) is 0 Å². The number of halogens is 2. The molecule has 140 valence electrons. The maximum Gasteiger partial charge on any atom is 0.185 e. The molecule has 3 rings (SSSR count). The molecule has 3 aromatic rings. The van der Waals surface area contributed by atoms with Crippen molar-refractivity contribution >= 4 is 11.9 Å². The third kappa shape index (κ3) is 4.97. The summed E-state index contributed by atoms with van der Waals surface area (Å²) < 4.78 is 26.3. The Morgan fingerprint density at radius 1 is 0.963 bits per heavy atom. The zero-order valence-electron chi connectivity index (χ0n) is 15.8. The monoisotopic (exact) mass is 368 g/mol. The van der Waals surface area contributed by atoms with Crippen molar-refractivity contribution in [2.45, 2.75) is 27.7 Å². The Balaban J connectivity index is 0.00000126. The second kappa shape index (κ2) is 9.03. The number of rotatable bonds is 4. The number of H-pyrrole nitrogens is 1. The van der Waals surface area contributed by atoms with E-state index in [1.165, 1.54) is 12.1 Å². The first-order valence-electron chi connectivity index (χ1n) is 8.74. The molecule has 0 spiro atoms. The minimum atomic E-state index is -0.928. The zero-order chi connectivity index (χ0) is 20.0. The van der Waals surface area contributed by atoms with Gasteiger partial charge in [-0.2, -0.15) is 5.10 Å². The van der Waals surface area contributed by atoms with Crippen LogP contribution in [-0.2, 0) is 0 Å². The van der Waals surface area contributed by atoms with Gasteiger partial charge in [0, 0.05) is 11.1 Å². The molecule has 0 amide bonds. The number of carbonyl (C=O) groups is 1. The number of hydrogen-bond acceptors (Lipinski definition) is 2. The fourth-order valence-electron chi connectivity index (χ4n) is 2.38. The van der Waals surface area contributed by atoms with Crippen molar-refractivity contribution in [1.82, 2.24) is 10.2 Å². The molecule has 0 radical (unpaired) electrons. The van der Waals surface area contributed by atoms with Crippen molar-refractivity contribution < 1.29 is 13.6 Å². The van der Waals surface area contributed by atoms with Crippen LogP contribution in [0.5, 0.6) is 0 Å².